The summed E-state index contributed by atoms with van der Waals surface area (Å²) in [6.45, 7) is 4.36. The highest BCUT2D eigenvalue weighted by molar-refractivity contribution is 7.86. The lowest BCUT2D eigenvalue weighted by atomic mass is 10.0. The van der Waals surface area contributed by atoms with Crippen molar-refractivity contribution in [3.8, 4) is 22.4 Å². The predicted molar refractivity (Wildman–Crippen MR) is 124 cm³/mol. The molecule has 0 aliphatic heterocycles. The highest BCUT2D eigenvalue weighted by Crippen LogP contribution is 2.27. The van der Waals surface area contributed by atoms with Crippen LogP contribution in [0.4, 0.5) is 5.13 Å². The second kappa shape index (κ2) is 8.72. The number of hydrogen-bond donors (Lipinski definition) is 1. The van der Waals surface area contributed by atoms with Gasteiger partial charge in [-0.05, 0) is 34.7 Å². The molecule has 0 fully saturated rings. The predicted octanol–water partition coefficient (Wildman–Crippen LogP) is 6.74. The van der Waals surface area contributed by atoms with Crippen molar-refractivity contribution in [2.45, 2.75) is 24.7 Å². The molecule has 0 radical (unpaired) electrons. The quantitative estimate of drug-likeness (QED) is 0.377. The molecule has 1 aromatic heterocycles. The Morgan fingerprint density at radius 1 is 0.828 bits per heavy atom. The summed E-state index contributed by atoms with van der Waals surface area (Å²) < 4.78 is 15.7. The van der Waals surface area contributed by atoms with Crippen LogP contribution in [0.25, 0.3) is 22.4 Å². The van der Waals surface area contributed by atoms with Gasteiger partial charge in [-0.2, -0.15) is 0 Å². The molecule has 29 heavy (non-hydrogen) atoms. The van der Waals surface area contributed by atoms with E-state index in [2.05, 4.69) is 60.0 Å². The van der Waals surface area contributed by atoms with Crippen molar-refractivity contribution in [2.75, 3.05) is 4.72 Å². The van der Waals surface area contributed by atoms with Gasteiger partial charge < -0.3 is 0 Å². The molecular weight excluding hydrogens is 396 g/mol. The Hall–Kier alpha value is -2.76. The maximum atomic E-state index is 12.7. The number of hydrogen-bond acceptors (Lipinski definition) is 3. The number of aromatic nitrogens is 1. The van der Waals surface area contributed by atoms with Gasteiger partial charge in [0.2, 0.25) is 0 Å². The molecule has 3 nitrogen and oxygen atoms in total. The minimum atomic E-state index is -1.35. The van der Waals surface area contributed by atoms with Gasteiger partial charge in [0.25, 0.3) is 0 Å². The van der Waals surface area contributed by atoms with E-state index < -0.39 is 11.0 Å². The van der Waals surface area contributed by atoms with Crippen LogP contribution in [-0.4, -0.2) is 9.19 Å². The monoisotopic (exact) mass is 418 g/mol. The summed E-state index contributed by atoms with van der Waals surface area (Å²) in [6, 6.07) is 26.4. The zero-order valence-electron chi connectivity index (χ0n) is 16.3. The number of nitrogens with one attached hydrogen (secondary N) is 1. The molecule has 0 saturated carbocycles. The van der Waals surface area contributed by atoms with Crippen molar-refractivity contribution in [1.29, 1.82) is 0 Å². The van der Waals surface area contributed by atoms with Crippen LogP contribution in [-0.2, 0) is 11.0 Å². The fraction of sp³-hybridized carbons (Fsp3) is 0.125. The Balaban J connectivity index is 1.45. The smallest absolute Gasteiger partial charge is 0.195 e. The fourth-order valence-electron chi connectivity index (χ4n) is 3.03. The van der Waals surface area contributed by atoms with E-state index in [-0.39, 0.29) is 0 Å². The van der Waals surface area contributed by atoms with Crippen LogP contribution in [0, 0.1) is 0 Å². The lowest BCUT2D eigenvalue weighted by Crippen LogP contribution is -2.04. The van der Waals surface area contributed by atoms with Gasteiger partial charge in [-0.3, -0.25) is 4.72 Å². The Kier molecular flexibility index (Phi) is 5.88. The van der Waals surface area contributed by atoms with Crippen LogP contribution in [0.15, 0.2) is 89.1 Å². The Morgan fingerprint density at radius 2 is 1.45 bits per heavy atom. The number of nitrogens with zero attached hydrogens (tertiary/aromatic N) is 1. The van der Waals surface area contributed by atoms with Gasteiger partial charge in [0.05, 0.1) is 10.6 Å². The van der Waals surface area contributed by atoms with Gasteiger partial charge in [-0.15, -0.1) is 11.3 Å². The van der Waals surface area contributed by atoms with E-state index in [9.17, 15) is 4.21 Å². The van der Waals surface area contributed by atoms with Crippen molar-refractivity contribution in [3.63, 3.8) is 0 Å². The van der Waals surface area contributed by atoms with Crippen molar-refractivity contribution in [2.24, 2.45) is 0 Å². The zero-order chi connectivity index (χ0) is 20.2. The highest BCUT2D eigenvalue weighted by atomic mass is 32.2. The SMILES string of the molecule is CC(C)c1ccc(-c2csc(NS(=O)c3ccc(-c4ccccc4)cc3)n2)cc1. The van der Waals surface area contributed by atoms with Crippen molar-refractivity contribution in [1.82, 2.24) is 4.98 Å². The molecule has 1 heterocycles. The van der Waals surface area contributed by atoms with E-state index in [1.807, 2.05) is 47.8 Å². The lowest BCUT2D eigenvalue weighted by molar-refractivity contribution is 0.686. The van der Waals surface area contributed by atoms with Gasteiger partial charge >= 0.3 is 0 Å². The van der Waals surface area contributed by atoms with Crippen molar-refractivity contribution < 1.29 is 4.21 Å². The van der Waals surface area contributed by atoms with E-state index in [1.165, 1.54) is 16.9 Å². The molecule has 0 bridgehead atoms. The topological polar surface area (TPSA) is 42.0 Å². The van der Waals surface area contributed by atoms with Gasteiger partial charge in [-0.25, -0.2) is 9.19 Å². The highest BCUT2D eigenvalue weighted by Gasteiger charge is 2.10. The van der Waals surface area contributed by atoms with Gasteiger partial charge in [0, 0.05) is 10.9 Å². The van der Waals surface area contributed by atoms with Crippen LogP contribution >= 0.6 is 11.3 Å². The normalized spacial score (nSPS) is 12.1. The molecule has 1 unspecified atom stereocenters. The van der Waals surface area contributed by atoms with Gasteiger partial charge in [-0.1, -0.05) is 80.6 Å². The summed E-state index contributed by atoms with van der Waals surface area (Å²) in [5.74, 6) is 0.507. The molecular formula is C24H22N2OS2. The van der Waals surface area contributed by atoms with Crippen LogP contribution in [0.1, 0.15) is 25.3 Å². The van der Waals surface area contributed by atoms with Gasteiger partial charge in [0.1, 0.15) is 0 Å². The minimum Gasteiger partial charge on any atom is -0.277 e. The molecule has 0 amide bonds. The second-order valence-electron chi connectivity index (χ2n) is 7.08. The second-order valence-corrected chi connectivity index (χ2v) is 9.15. The Morgan fingerprint density at radius 3 is 2.10 bits per heavy atom. The number of thiazole rings is 1. The van der Waals surface area contributed by atoms with Crippen molar-refractivity contribution in [3.05, 3.63) is 89.8 Å². The van der Waals surface area contributed by atoms with E-state index in [0.29, 0.717) is 11.0 Å². The number of rotatable bonds is 6. The summed E-state index contributed by atoms with van der Waals surface area (Å²) in [4.78, 5) is 5.32. The minimum absolute atomic E-state index is 0.507. The van der Waals surface area contributed by atoms with E-state index in [4.69, 9.17) is 0 Å². The Bertz CT molecular complexity index is 1100. The summed E-state index contributed by atoms with van der Waals surface area (Å²) in [7, 11) is -1.35. The Labute approximate surface area is 178 Å². The molecule has 3 aromatic carbocycles. The largest absolute Gasteiger partial charge is 0.277 e. The third kappa shape index (κ3) is 4.63. The fourth-order valence-corrected chi connectivity index (χ4v) is 4.72. The first kappa shape index (κ1) is 19.6. The third-order valence-corrected chi connectivity index (χ3v) is 6.70. The summed E-state index contributed by atoms with van der Waals surface area (Å²) >= 11 is 1.46. The maximum Gasteiger partial charge on any atom is 0.195 e. The maximum absolute atomic E-state index is 12.7. The van der Waals surface area contributed by atoms with Crippen LogP contribution < -0.4 is 4.72 Å². The molecule has 4 rings (SSSR count). The summed E-state index contributed by atoms with van der Waals surface area (Å²) in [6.07, 6.45) is 0. The molecule has 4 aromatic rings. The molecule has 0 aliphatic carbocycles. The molecule has 146 valence electrons. The van der Waals surface area contributed by atoms with E-state index in [1.54, 1.807) is 0 Å². The standard InChI is InChI=1S/C24H22N2OS2/c1-17(2)18-8-10-21(11-9-18)23-16-28-24(25-23)26-29(27)22-14-12-20(13-15-22)19-6-4-3-5-7-19/h3-17H,1-2H3,(H,25,26). The molecule has 1 atom stereocenters. The molecule has 0 saturated heterocycles. The third-order valence-electron chi connectivity index (χ3n) is 4.73. The number of benzene rings is 3. The molecule has 5 heteroatoms. The van der Waals surface area contributed by atoms with E-state index >= 15 is 0 Å². The van der Waals surface area contributed by atoms with Crippen LogP contribution in [0.5, 0.6) is 0 Å². The summed E-state index contributed by atoms with van der Waals surface area (Å²) in [5, 5.41) is 2.64. The van der Waals surface area contributed by atoms with Crippen LogP contribution in [0.3, 0.4) is 0 Å². The summed E-state index contributed by atoms with van der Waals surface area (Å²) in [5.41, 5.74) is 5.52. The number of anilines is 1. The first-order valence-corrected chi connectivity index (χ1v) is 11.5. The molecule has 0 aliphatic rings. The molecule has 0 spiro atoms. The average Bonchev–Trinajstić information content (AvgIpc) is 3.23. The van der Waals surface area contributed by atoms with E-state index in [0.717, 1.165) is 27.3 Å². The van der Waals surface area contributed by atoms with Crippen LogP contribution in [0.2, 0.25) is 0 Å². The first-order chi connectivity index (χ1) is 14.1. The van der Waals surface area contributed by atoms with Crippen molar-refractivity contribution >= 4 is 27.5 Å². The average molecular weight is 419 g/mol. The zero-order valence-corrected chi connectivity index (χ0v) is 18.0. The van der Waals surface area contributed by atoms with Gasteiger partial charge in [0.15, 0.2) is 16.1 Å². The lowest BCUT2D eigenvalue weighted by Gasteiger charge is -2.06. The molecule has 1 N–H and O–H groups in total. The first-order valence-electron chi connectivity index (χ1n) is 9.50.